The van der Waals surface area contributed by atoms with Gasteiger partial charge in [-0.25, -0.2) is 0 Å². The molecule has 0 N–H and O–H groups in total. The van der Waals surface area contributed by atoms with E-state index in [2.05, 4.69) is 96.8 Å². The van der Waals surface area contributed by atoms with E-state index in [4.69, 9.17) is 0 Å². The first-order chi connectivity index (χ1) is 11.7. The van der Waals surface area contributed by atoms with Gasteiger partial charge in [-0.05, 0) is 84.8 Å². The van der Waals surface area contributed by atoms with Crippen LogP contribution in [-0.2, 0) is 0 Å². The highest BCUT2D eigenvalue weighted by Gasteiger charge is 2.10. The highest BCUT2D eigenvalue weighted by Crippen LogP contribution is 2.27. The third-order valence-electron chi connectivity index (χ3n) is 4.17. The molecule has 0 saturated heterocycles. The summed E-state index contributed by atoms with van der Waals surface area (Å²) in [5.41, 5.74) is 8.11. The van der Waals surface area contributed by atoms with Crippen LogP contribution in [0, 0.1) is 34.5 Å². The molecule has 0 atom stereocenters. The van der Waals surface area contributed by atoms with Gasteiger partial charge in [0.05, 0.1) is 0 Å². The number of anilines is 2. The molecule has 2 nitrogen and oxygen atoms in total. The summed E-state index contributed by atoms with van der Waals surface area (Å²) >= 11 is 0. The zero-order valence-electron chi connectivity index (χ0n) is 16.4. The van der Waals surface area contributed by atoms with Crippen LogP contribution >= 0.6 is 8.58 Å². The summed E-state index contributed by atoms with van der Waals surface area (Å²) in [6.45, 7) is 12.3. The number of hydrogen-bond acceptors (Lipinski definition) is 2. The number of aryl methyl sites for hydroxylation is 4. The van der Waals surface area contributed by atoms with Gasteiger partial charge in [-0.3, -0.25) is 0 Å². The van der Waals surface area contributed by atoms with Crippen LogP contribution in [0.15, 0.2) is 24.3 Å². The summed E-state index contributed by atoms with van der Waals surface area (Å²) in [6.07, 6.45) is 0. The fourth-order valence-corrected chi connectivity index (χ4v) is 5.12. The molecule has 0 radical (unpaired) electrons. The molecule has 0 saturated carbocycles. The highest BCUT2D eigenvalue weighted by molar-refractivity contribution is 7.55. The molecule has 0 fully saturated rings. The zero-order chi connectivity index (χ0) is 19.3. The van der Waals surface area contributed by atoms with E-state index in [1.54, 1.807) is 0 Å². The van der Waals surface area contributed by atoms with E-state index in [0.717, 1.165) is 0 Å². The van der Waals surface area contributed by atoms with Gasteiger partial charge in [0.15, 0.2) is 7.85 Å². The summed E-state index contributed by atoms with van der Waals surface area (Å²) in [5, 5.41) is 2.84. The number of nitrogens with zero attached hydrogens (tertiary/aromatic N) is 2. The van der Waals surface area contributed by atoms with E-state index in [1.165, 1.54) is 44.2 Å². The van der Waals surface area contributed by atoms with Crippen molar-refractivity contribution < 1.29 is 0 Å². The minimum absolute atomic E-state index is 0.500. The minimum Gasteiger partial charge on any atom is -0.377 e. The fraction of sp³-hybridized carbons (Fsp3) is 0.381. The number of benzene rings is 2. The van der Waals surface area contributed by atoms with Gasteiger partial charge in [0, 0.05) is 39.6 Å². The molecule has 4 heteroatoms. The summed E-state index contributed by atoms with van der Waals surface area (Å²) in [4.78, 5) is 4.41. The summed E-state index contributed by atoms with van der Waals surface area (Å²) < 4.78 is 0. The predicted molar refractivity (Wildman–Crippen MR) is 123 cm³/mol. The van der Waals surface area contributed by atoms with Gasteiger partial charge in [0.25, 0.3) is 0 Å². The van der Waals surface area contributed by atoms with Crippen LogP contribution in [0.5, 0.6) is 0 Å². The minimum atomic E-state index is 0.500. The Balaban J connectivity index is 0.00000151. The van der Waals surface area contributed by atoms with Crippen molar-refractivity contribution in [2.24, 2.45) is 0 Å². The molecule has 0 unspecified atom stereocenters. The number of hydrogen-bond donors (Lipinski definition) is 0. The van der Waals surface area contributed by atoms with Gasteiger partial charge >= 0.3 is 0 Å². The first kappa shape index (κ1) is 21.4. The molecular weight excluding hydrogens is 322 g/mol. The topological polar surface area (TPSA) is 6.48 Å². The van der Waals surface area contributed by atoms with E-state index >= 15 is 0 Å². The Kier molecular flexibility index (Phi) is 7.89. The average molecular weight is 356 g/mol. The molecule has 136 valence electrons. The van der Waals surface area contributed by atoms with Crippen molar-refractivity contribution in [1.82, 2.24) is 0 Å². The molecule has 0 bridgehead atoms. The van der Waals surface area contributed by atoms with Crippen LogP contribution in [0.4, 0.5) is 11.4 Å². The van der Waals surface area contributed by atoms with E-state index < -0.39 is 0 Å². The Bertz CT molecular complexity index is 616. The molecule has 25 heavy (non-hydrogen) atoms. The molecule has 0 amide bonds. The van der Waals surface area contributed by atoms with Crippen LogP contribution in [0.1, 0.15) is 22.3 Å². The lowest BCUT2D eigenvalue weighted by Crippen LogP contribution is -2.16. The van der Waals surface area contributed by atoms with E-state index in [9.17, 15) is 0 Å². The second-order valence-electron chi connectivity index (χ2n) is 6.83. The Morgan fingerprint density at radius 3 is 1.08 bits per heavy atom. The third-order valence-corrected chi connectivity index (χ3v) is 5.32. The Morgan fingerprint density at radius 1 is 0.640 bits per heavy atom. The molecule has 2 aromatic rings. The van der Waals surface area contributed by atoms with Gasteiger partial charge in [0.2, 0.25) is 0 Å². The van der Waals surface area contributed by atoms with Crippen molar-refractivity contribution in [1.29, 1.82) is 0 Å². The van der Waals surface area contributed by atoms with Crippen molar-refractivity contribution >= 4 is 38.4 Å². The maximum absolute atomic E-state index is 3.50. The molecule has 0 aromatic heterocycles. The van der Waals surface area contributed by atoms with Crippen molar-refractivity contribution in [3.63, 3.8) is 0 Å². The summed E-state index contributed by atoms with van der Waals surface area (Å²) in [6, 6.07) is 9.35. The fourth-order valence-electron chi connectivity index (χ4n) is 3.63. The molecular formula is C21H34BN2P. The van der Waals surface area contributed by atoms with Gasteiger partial charge in [0.1, 0.15) is 0 Å². The lowest BCUT2D eigenvalue weighted by molar-refractivity contribution is 1.10. The van der Waals surface area contributed by atoms with Crippen LogP contribution in [0.2, 0.25) is 0 Å². The smallest absolute Gasteiger partial charge is 0.152 e. The molecule has 0 aliphatic heterocycles. The van der Waals surface area contributed by atoms with Crippen molar-refractivity contribution in [2.75, 3.05) is 38.0 Å². The highest BCUT2D eigenvalue weighted by atomic mass is 31.1. The van der Waals surface area contributed by atoms with Gasteiger partial charge in [-0.1, -0.05) is 8.58 Å². The van der Waals surface area contributed by atoms with E-state index in [-0.39, 0.29) is 0 Å². The largest absolute Gasteiger partial charge is 0.377 e. The summed E-state index contributed by atoms with van der Waals surface area (Å²) in [5.74, 6) is 0. The van der Waals surface area contributed by atoms with Crippen molar-refractivity contribution in [3.8, 4) is 0 Å². The molecule has 2 rings (SSSR count). The zero-order valence-corrected chi connectivity index (χ0v) is 17.4. The number of rotatable bonds is 4. The molecule has 0 aliphatic rings. The van der Waals surface area contributed by atoms with Gasteiger partial charge < -0.3 is 9.80 Å². The monoisotopic (exact) mass is 356 g/mol. The summed E-state index contributed by atoms with van der Waals surface area (Å²) in [7, 11) is 9.67. The lowest BCUT2D eigenvalue weighted by Gasteiger charge is -2.21. The van der Waals surface area contributed by atoms with Gasteiger partial charge in [-0.2, -0.15) is 0 Å². The Hall–Kier alpha value is -1.60. The molecule has 2 aromatic carbocycles. The van der Waals surface area contributed by atoms with E-state index in [0.29, 0.717) is 16.4 Å². The predicted octanol–water partition coefficient (Wildman–Crippen LogP) is 2.82. The molecule has 0 spiro atoms. The molecule has 0 heterocycles. The third kappa shape index (κ3) is 5.19. The lowest BCUT2D eigenvalue weighted by atomic mass is 10.1. The standard InChI is InChI=1S/C20H29N2P.CH5B/c1-13-9-17(10-14(2)19(13)21(5)6)23-18-11-15(3)20(22(7)8)16(4)12-18;1-2/h9-12,23H,1-8H3;1H2,2H3. The van der Waals surface area contributed by atoms with Crippen LogP contribution < -0.4 is 20.4 Å². The normalized spacial score (nSPS) is 10.1. The SMILES string of the molecule is Cc1cc(Pc2cc(C)c(N(C)C)c(C)c2)cc(C)c1N(C)C.[BH3-][CH2+]. The van der Waals surface area contributed by atoms with Crippen LogP contribution in [0.25, 0.3) is 0 Å². The van der Waals surface area contributed by atoms with Crippen LogP contribution in [-0.4, -0.2) is 36.0 Å². The Labute approximate surface area is 157 Å². The first-order valence-corrected chi connectivity index (χ1v) is 9.05. The average Bonchev–Trinajstić information content (AvgIpc) is 2.46. The Morgan fingerprint density at radius 2 is 0.880 bits per heavy atom. The quantitative estimate of drug-likeness (QED) is 0.472. The van der Waals surface area contributed by atoms with Crippen LogP contribution in [0.3, 0.4) is 0 Å². The second kappa shape index (κ2) is 9.20. The molecule has 0 aliphatic carbocycles. The first-order valence-electron chi connectivity index (χ1n) is 8.05. The van der Waals surface area contributed by atoms with Crippen molar-refractivity contribution in [3.05, 3.63) is 53.3 Å². The van der Waals surface area contributed by atoms with Gasteiger partial charge in [-0.15, -0.1) is 6.82 Å². The van der Waals surface area contributed by atoms with Crippen molar-refractivity contribution in [2.45, 2.75) is 27.7 Å². The maximum atomic E-state index is 3.50. The maximum Gasteiger partial charge on any atom is 0.152 e. The van der Waals surface area contributed by atoms with E-state index in [1.807, 2.05) is 0 Å². The second-order valence-corrected chi connectivity index (χ2v) is 8.24.